The molecular formula is C18H22FN3O5. The van der Waals surface area contributed by atoms with E-state index < -0.39 is 23.8 Å². The molecule has 0 aliphatic rings. The second-order valence-corrected chi connectivity index (χ2v) is 5.83. The largest absolute Gasteiger partial charge is 0.493 e. The third kappa shape index (κ3) is 4.69. The number of aryl methyl sites for hydroxylation is 2. The number of furan rings is 1. The van der Waals surface area contributed by atoms with Crippen molar-refractivity contribution in [3.05, 3.63) is 46.7 Å². The fourth-order valence-corrected chi connectivity index (χ4v) is 2.55. The van der Waals surface area contributed by atoms with Crippen molar-refractivity contribution in [3.8, 4) is 11.5 Å². The third-order valence-electron chi connectivity index (χ3n) is 3.89. The Hall–Kier alpha value is -3.23. The van der Waals surface area contributed by atoms with E-state index in [2.05, 4.69) is 16.2 Å². The number of hydrogen-bond donors (Lipinski definition) is 3. The molecule has 2 aromatic rings. The Balaban J connectivity index is 1.99. The first-order valence-corrected chi connectivity index (χ1v) is 8.12. The molecule has 9 heteroatoms. The molecule has 1 aromatic heterocycles. The van der Waals surface area contributed by atoms with E-state index in [4.69, 9.17) is 13.9 Å². The molecule has 0 aliphatic heterocycles. The molecule has 1 heterocycles. The van der Waals surface area contributed by atoms with E-state index in [1.54, 1.807) is 26.8 Å². The van der Waals surface area contributed by atoms with E-state index >= 15 is 0 Å². The van der Waals surface area contributed by atoms with Gasteiger partial charge in [-0.15, -0.1) is 0 Å². The standard InChI is InChI=1S/C18H22FN3O5/c1-9-6-13(11(3)27-9)17(23)21-22-18(24)20-10(2)12-7-15(25-4)16(26-5)8-14(12)19/h6-8,10H,1-5H3,(H,21,23)(H2,20,22,24). The molecular weight excluding hydrogens is 357 g/mol. The van der Waals surface area contributed by atoms with Crippen LogP contribution < -0.4 is 25.6 Å². The average Bonchev–Trinajstić information content (AvgIpc) is 2.97. The highest BCUT2D eigenvalue weighted by Gasteiger charge is 2.19. The van der Waals surface area contributed by atoms with Gasteiger partial charge in [-0.1, -0.05) is 0 Å². The number of urea groups is 1. The van der Waals surface area contributed by atoms with Gasteiger partial charge in [0, 0.05) is 11.6 Å². The molecule has 0 radical (unpaired) electrons. The van der Waals surface area contributed by atoms with E-state index in [0.717, 1.165) is 0 Å². The van der Waals surface area contributed by atoms with Crippen LogP contribution in [-0.2, 0) is 0 Å². The van der Waals surface area contributed by atoms with Crippen molar-refractivity contribution >= 4 is 11.9 Å². The summed E-state index contributed by atoms with van der Waals surface area (Å²) in [6.07, 6.45) is 0. The van der Waals surface area contributed by atoms with Crippen molar-refractivity contribution in [1.82, 2.24) is 16.2 Å². The van der Waals surface area contributed by atoms with Crippen LogP contribution in [0, 0.1) is 19.7 Å². The van der Waals surface area contributed by atoms with Gasteiger partial charge < -0.3 is 19.2 Å². The van der Waals surface area contributed by atoms with E-state index in [1.807, 2.05) is 0 Å². The minimum atomic E-state index is -0.706. The topological polar surface area (TPSA) is 102 Å². The van der Waals surface area contributed by atoms with Crippen molar-refractivity contribution in [2.24, 2.45) is 0 Å². The summed E-state index contributed by atoms with van der Waals surface area (Å²) in [4.78, 5) is 24.0. The van der Waals surface area contributed by atoms with Gasteiger partial charge in [-0.3, -0.25) is 10.2 Å². The lowest BCUT2D eigenvalue weighted by molar-refractivity contribution is 0.0934. The second kappa shape index (κ2) is 8.43. The highest BCUT2D eigenvalue weighted by molar-refractivity contribution is 5.96. The molecule has 0 bridgehead atoms. The maximum atomic E-state index is 14.2. The first kappa shape index (κ1) is 20.1. The van der Waals surface area contributed by atoms with Crippen molar-refractivity contribution in [1.29, 1.82) is 0 Å². The maximum Gasteiger partial charge on any atom is 0.333 e. The van der Waals surface area contributed by atoms with Crippen LogP contribution >= 0.6 is 0 Å². The van der Waals surface area contributed by atoms with Crippen molar-refractivity contribution in [2.75, 3.05) is 14.2 Å². The number of amides is 3. The SMILES string of the molecule is COc1cc(F)c(C(C)NC(=O)NNC(=O)c2cc(C)oc2C)cc1OC. The number of carbonyl (C=O) groups is 2. The number of methoxy groups -OCH3 is 2. The van der Waals surface area contributed by atoms with E-state index in [0.29, 0.717) is 22.8 Å². The summed E-state index contributed by atoms with van der Waals surface area (Å²) in [5, 5.41) is 2.53. The zero-order chi connectivity index (χ0) is 20.1. The Kier molecular flexibility index (Phi) is 6.27. The van der Waals surface area contributed by atoms with E-state index in [1.165, 1.54) is 26.4 Å². The van der Waals surface area contributed by atoms with Gasteiger partial charge in [-0.2, -0.15) is 0 Å². The number of halogens is 1. The zero-order valence-corrected chi connectivity index (χ0v) is 15.7. The second-order valence-electron chi connectivity index (χ2n) is 5.83. The highest BCUT2D eigenvalue weighted by atomic mass is 19.1. The number of rotatable bonds is 5. The summed E-state index contributed by atoms with van der Waals surface area (Å²) in [5.41, 5.74) is 5.00. The predicted molar refractivity (Wildman–Crippen MR) is 95.2 cm³/mol. The lowest BCUT2D eigenvalue weighted by Gasteiger charge is -2.18. The molecule has 8 nitrogen and oxygen atoms in total. The quantitative estimate of drug-likeness (QED) is 0.694. The first-order valence-electron chi connectivity index (χ1n) is 8.12. The summed E-state index contributed by atoms with van der Waals surface area (Å²) in [6.45, 7) is 4.95. The molecule has 0 fully saturated rings. The molecule has 3 amide bonds. The van der Waals surface area contributed by atoms with Gasteiger partial charge in [-0.25, -0.2) is 14.6 Å². The number of hydrogen-bond acceptors (Lipinski definition) is 5. The monoisotopic (exact) mass is 379 g/mol. The minimum absolute atomic E-state index is 0.204. The molecule has 1 aromatic carbocycles. The molecule has 3 N–H and O–H groups in total. The van der Waals surface area contributed by atoms with Crippen LogP contribution in [0.4, 0.5) is 9.18 Å². The van der Waals surface area contributed by atoms with Gasteiger partial charge in [0.15, 0.2) is 11.5 Å². The Morgan fingerprint density at radius 3 is 2.26 bits per heavy atom. The number of hydrazine groups is 1. The zero-order valence-electron chi connectivity index (χ0n) is 15.7. The molecule has 0 saturated carbocycles. The number of benzene rings is 1. The fourth-order valence-electron chi connectivity index (χ4n) is 2.55. The molecule has 146 valence electrons. The van der Waals surface area contributed by atoms with E-state index in [-0.39, 0.29) is 11.3 Å². The average molecular weight is 379 g/mol. The summed E-state index contributed by atoms with van der Waals surface area (Å²) in [6, 6.07) is 2.78. The van der Waals surface area contributed by atoms with Crippen LogP contribution in [0.2, 0.25) is 0 Å². The van der Waals surface area contributed by atoms with Crippen LogP contribution in [0.3, 0.4) is 0 Å². The van der Waals surface area contributed by atoms with Gasteiger partial charge in [0.2, 0.25) is 0 Å². The number of ether oxygens (including phenoxy) is 2. The predicted octanol–water partition coefficient (Wildman–Crippen LogP) is 2.76. The lowest BCUT2D eigenvalue weighted by atomic mass is 10.1. The summed E-state index contributed by atoms with van der Waals surface area (Å²) in [7, 11) is 2.83. The molecule has 0 spiro atoms. The van der Waals surface area contributed by atoms with Crippen molar-refractivity contribution in [3.63, 3.8) is 0 Å². The van der Waals surface area contributed by atoms with Gasteiger partial charge in [-0.05, 0) is 32.9 Å². The maximum absolute atomic E-state index is 14.2. The van der Waals surface area contributed by atoms with Crippen LogP contribution in [0.5, 0.6) is 11.5 Å². The Morgan fingerprint density at radius 2 is 1.70 bits per heavy atom. The summed E-state index contributed by atoms with van der Waals surface area (Å²) < 4.78 is 29.7. The minimum Gasteiger partial charge on any atom is -0.493 e. The normalized spacial score (nSPS) is 11.5. The lowest BCUT2D eigenvalue weighted by Crippen LogP contribution is -2.47. The summed E-state index contributed by atoms with van der Waals surface area (Å²) >= 11 is 0. The van der Waals surface area contributed by atoms with Crippen molar-refractivity contribution < 1.29 is 27.9 Å². The highest BCUT2D eigenvalue weighted by Crippen LogP contribution is 2.32. The number of carbonyl (C=O) groups excluding carboxylic acids is 2. The van der Waals surface area contributed by atoms with Crippen molar-refractivity contribution in [2.45, 2.75) is 26.8 Å². The van der Waals surface area contributed by atoms with Gasteiger partial charge in [0.1, 0.15) is 17.3 Å². The Morgan fingerprint density at radius 1 is 1.07 bits per heavy atom. The smallest absolute Gasteiger partial charge is 0.333 e. The fraction of sp³-hybridized carbons (Fsp3) is 0.333. The molecule has 2 rings (SSSR count). The van der Waals surface area contributed by atoms with Crippen LogP contribution in [0.1, 0.15) is 40.4 Å². The van der Waals surface area contributed by atoms with E-state index in [9.17, 15) is 14.0 Å². The third-order valence-corrected chi connectivity index (χ3v) is 3.89. The van der Waals surface area contributed by atoms with Crippen LogP contribution in [-0.4, -0.2) is 26.2 Å². The van der Waals surface area contributed by atoms with Crippen LogP contribution in [0.25, 0.3) is 0 Å². The van der Waals surface area contributed by atoms with Gasteiger partial charge >= 0.3 is 6.03 Å². The summed E-state index contributed by atoms with van der Waals surface area (Å²) in [5.74, 6) is 0.515. The Labute approximate surface area is 156 Å². The molecule has 1 unspecified atom stereocenters. The molecule has 27 heavy (non-hydrogen) atoms. The first-order chi connectivity index (χ1) is 12.8. The van der Waals surface area contributed by atoms with Crippen LogP contribution in [0.15, 0.2) is 22.6 Å². The molecule has 0 aliphatic carbocycles. The van der Waals surface area contributed by atoms with Gasteiger partial charge in [0.05, 0.1) is 25.8 Å². The number of nitrogens with one attached hydrogen (secondary N) is 3. The molecule has 0 saturated heterocycles. The van der Waals surface area contributed by atoms with Gasteiger partial charge in [0.25, 0.3) is 5.91 Å². The molecule has 1 atom stereocenters. The Bertz CT molecular complexity index is 850.